The van der Waals surface area contributed by atoms with Crippen molar-refractivity contribution in [3.05, 3.63) is 35.6 Å². The van der Waals surface area contributed by atoms with E-state index in [9.17, 15) is 14.0 Å². The van der Waals surface area contributed by atoms with E-state index in [0.29, 0.717) is 6.54 Å². The van der Waals surface area contributed by atoms with Gasteiger partial charge in [-0.3, -0.25) is 14.5 Å². The maximum atomic E-state index is 14.4. The Balaban J connectivity index is 1.42. The van der Waals surface area contributed by atoms with Crippen LogP contribution in [-0.4, -0.2) is 80.8 Å². The monoisotopic (exact) mass is 405 g/mol. The highest BCUT2D eigenvalue weighted by Gasteiger charge is 2.46. The van der Waals surface area contributed by atoms with Crippen molar-refractivity contribution in [3.8, 4) is 0 Å². The van der Waals surface area contributed by atoms with Gasteiger partial charge in [-0.05, 0) is 18.9 Å². The van der Waals surface area contributed by atoms with Crippen LogP contribution in [0.2, 0.25) is 0 Å². The summed E-state index contributed by atoms with van der Waals surface area (Å²) in [4.78, 5) is 28.9. The molecule has 158 valence electrons. The molecule has 1 aliphatic carbocycles. The molecule has 2 atom stereocenters. The fraction of sp³-hybridized carbons (Fsp3) is 0.619. The van der Waals surface area contributed by atoms with Gasteiger partial charge in [0.2, 0.25) is 5.91 Å². The molecule has 0 spiro atoms. The maximum absolute atomic E-state index is 14.4. The van der Waals surface area contributed by atoms with Gasteiger partial charge in [0.1, 0.15) is 12.4 Å². The van der Waals surface area contributed by atoms with Gasteiger partial charge in [0.05, 0.1) is 19.3 Å². The van der Waals surface area contributed by atoms with Gasteiger partial charge in [-0.2, -0.15) is 0 Å². The normalized spacial score (nSPS) is 27.0. The van der Waals surface area contributed by atoms with E-state index in [0.717, 1.165) is 45.7 Å². The summed E-state index contributed by atoms with van der Waals surface area (Å²) in [5.74, 6) is -1.02. The molecule has 2 saturated heterocycles. The Kier molecular flexibility index (Phi) is 5.85. The minimum Gasteiger partial charge on any atom is -0.379 e. The molecule has 2 unspecified atom stereocenters. The third-order valence-corrected chi connectivity index (χ3v) is 6.22. The van der Waals surface area contributed by atoms with Crippen molar-refractivity contribution >= 4 is 11.8 Å². The van der Waals surface area contributed by atoms with Crippen LogP contribution in [0, 0.1) is 11.2 Å². The molecule has 1 aromatic rings. The van der Waals surface area contributed by atoms with Crippen LogP contribution in [0.4, 0.5) is 4.39 Å². The maximum Gasteiger partial charge on any atom is 0.251 e. The molecule has 1 N–H and O–H groups in total. The van der Waals surface area contributed by atoms with Crippen LogP contribution in [-0.2, 0) is 19.1 Å². The van der Waals surface area contributed by atoms with Crippen molar-refractivity contribution in [1.82, 2.24) is 15.1 Å². The number of carbonyl (C=O) groups excluding carboxylic acids is 2. The number of ether oxygens (including phenoxy) is 2. The number of halogens is 1. The minimum atomic E-state index is -0.936. The SMILES string of the molecule is CN1C(=O)COC(C(=O)NCC2(CN3CCOCC3)CC2)C1c1ccccc1F. The summed E-state index contributed by atoms with van der Waals surface area (Å²) in [6.07, 6.45) is 1.21. The fourth-order valence-corrected chi connectivity index (χ4v) is 4.19. The fourth-order valence-electron chi connectivity index (χ4n) is 4.19. The number of rotatable bonds is 6. The number of nitrogens with one attached hydrogen (secondary N) is 1. The van der Waals surface area contributed by atoms with Gasteiger partial charge in [0.15, 0.2) is 6.10 Å². The van der Waals surface area contributed by atoms with Gasteiger partial charge >= 0.3 is 0 Å². The second-order valence-corrected chi connectivity index (χ2v) is 8.31. The quantitative estimate of drug-likeness (QED) is 0.763. The summed E-state index contributed by atoms with van der Waals surface area (Å²) in [5, 5.41) is 3.02. The van der Waals surface area contributed by atoms with E-state index in [1.807, 2.05) is 0 Å². The molecule has 0 aromatic heterocycles. The van der Waals surface area contributed by atoms with E-state index < -0.39 is 18.0 Å². The first-order valence-electron chi connectivity index (χ1n) is 10.2. The van der Waals surface area contributed by atoms with Gasteiger partial charge in [-0.25, -0.2) is 4.39 Å². The van der Waals surface area contributed by atoms with Gasteiger partial charge < -0.3 is 19.7 Å². The Labute approximate surface area is 170 Å². The number of amides is 2. The van der Waals surface area contributed by atoms with E-state index in [2.05, 4.69) is 10.2 Å². The Morgan fingerprint density at radius 1 is 1.28 bits per heavy atom. The molecule has 8 heteroatoms. The third kappa shape index (κ3) is 4.44. The minimum absolute atomic E-state index is 0.0941. The molecule has 1 saturated carbocycles. The van der Waals surface area contributed by atoms with E-state index >= 15 is 0 Å². The number of morpholine rings is 2. The largest absolute Gasteiger partial charge is 0.379 e. The van der Waals surface area contributed by atoms with E-state index in [-0.39, 0.29) is 29.4 Å². The molecular formula is C21H28FN3O4. The summed E-state index contributed by atoms with van der Waals surface area (Å²) < 4.78 is 25.4. The van der Waals surface area contributed by atoms with Crippen LogP contribution >= 0.6 is 0 Å². The molecule has 2 amide bonds. The van der Waals surface area contributed by atoms with Crippen molar-refractivity contribution < 1.29 is 23.5 Å². The number of benzene rings is 1. The summed E-state index contributed by atoms with van der Waals surface area (Å²) in [6.45, 7) is 4.67. The average Bonchev–Trinajstić information content (AvgIpc) is 3.49. The molecule has 3 fully saturated rings. The van der Waals surface area contributed by atoms with Crippen LogP contribution in [0.25, 0.3) is 0 Å². The van der Waals surface area contributed by atoms with Crippen LogP contribution in [0.5, 0.6) is 0 Å². The molecular weight excluding hydrogens is 377 g/mol. The molecule has 0 bridgehead atoms. The molecule has 1 aromatic carbocycles. The standard InChI is InChI=1S/C21H28FN3O4/c1-24-17(26)12-29-19(18(24)15-4-2-3-5-16(15)22)20(27)23-13-21(6-7-21)14-25-8-10-28-11-9-25/h2-5,18-19H,6-14H2,1H3,(H,23,27). The van der Waals surface area contributed by atoms with Crippen LogP contribution < -0.4 is 5.32 Å². The zero-order valence-corrected chi connectivity index (χ0v) is 16.7. The molecule has 2 heterocycles. The topological polar surface area (TPSA) is 71.1 Å². The van der Waals surface area contributed by atoms with Crippen LogP contribution in [0.3, 0.4) is 0 Å². The molecule has 0 radical (unpaired) electrons. The molecule has 29 heavy (non-hydrogen) atoms. The smallest absolute Gasteiger partial charge is 0.251 e. The predicted octanol–water partition coefficient (Wildman–Crippen LogP) is 0.953. The lowest BCUT2D eigenvalue weighted by Crippen LogP contribution is -2.54. The first kappa shape index (κ1) is 20.3. The van der Waals surface area contributed by atoms with Gasteiger partial charge in [0, 0.05) is 44.2 Å². The zero-order valence-electron chi connectivity index (χ0n) is 16.7. The van der Waals surface area contributed by atoms with Crippen molar-refractivity contribution in [3.63, 3.8) is 0 Å². The first-order chi connectivity index (χ1) is 14.0. The number of hydrogen-bond acceptors (Lipinski definition) is 5. The van der Waals surface area contributed by atoms with Crippen molar-refractivity contribution in [2.75, 3.05) is 53.0 Å². The second-order valence-electron chi connectivity index (χ2n) is 8.31. The summed E-state index contributed by atoms with van der Waals surface area (Å²) in [6, 6.07) is 5.43. The highest BCUT2D eigenvalue weighted by atomic mass is 19.1. The van der Waals surface area contributed by atoms with E-state index in [4.69, 9.17) is 9.47 Å². The molecule has 4 rings (SSSR count). The van der Waals surface area contributed by atoms with Gasteiger partial charge in [-0.15, -0.1) is 0 Å². The van der Waals surface area contributed by atoms with Crippen molar-refractivity contribution in [2.45, 2.75) is 25.0 Å². The Hall–Kier alpha value is -2.03. The summed E-state index contributed by atoms with van der Waals surface area (Å²) in [5.41, 5.74) is 0.384. The predicted molar refractivity (Wildman–Crippen MR) is 104 cm³/mol. The Morgan fingerprint density at radius 2 is 2.00 bits per heavy atom. The second kappa shape index (κ2) is 8.38. The Bertz CT molecular complexity index is 764. The highest BCUT2D eigenvalue weighted by molar-refractivity contribution is 5.86. The molecule has 2 aliphatic heterocycles. The van der Waals surface area contributed by atoms with E-state index in [1.165, 1.54) is 11.0 Å². The zero-order chi connectivity index (χ0) is 20.4. The number of hydrogen-bond donors (Lipinski definition) is 1. The highest BCUT2D eigenvalue weighted by Crippen LogP contribution is 2.46. The van der Waals surface area contributed by atoms with Crippen molar-refractivity contribution in [2.24, 2.45) is 5.41 Å². The van der Waals surface area contributed by atoms with E-state index in [1.54, 1.807) is 25.2 Å². The lowest BCUT2D eigenvalue weighted by Gasteiger charge is -2.38. The van der Waals surface area contributed by atoms with Crippen LogP contribution in [0.1, 0.15) is 24.4 Å². The van der Waals surface area contributed by atoms with Gasteiger partial charge in [0.25, 0.3) is 5.91 Å². The number of carbonyl (C=O) groups is 2. The summed E-state index contributed by atoms with van der Waals surface area (Å²) in [7, 11) is 1.59. The van der Waals surface area contributed by atoms with Crippen molar-refractivity contribution in [1.29, 1.82) is 0 Å². The summed E-state index contributed by atoms with van der Waals surface area (Å²) >= 11 is 0. The van der Waals surface area contributed by atoms with Gasteiger partial charge in [-0.1, -0.05) is 18.2 Å². The Morgan fingerprint density at radius 3 is 2.69 bits per heavy atom. The number of nitrogens with zero attached hydrogens (tertiary/aromatic N) is 2. The van der Waals surface area contributed by atoms with Crippen LogP contribution in [0.15, 0.2) is 24.3 Å². The number of likely N-dealkylation sites (N-methyl/N-ethyl adjacent to an activating group) is 1. The molecule has 7 nitrogen and oxygen atoms in total. The molecule has 3 aliphatic rings. The lowest BCUT2D eigenvalue weighted by atomic mass is 9.96. The third-order valence-electron chi connectivity index (χ3n) is 6.22. The first-order valence-corrected chi connectivity index (χ1v) is 10.2. The average molecular weight is 405 g/mol. The lowest BCUT2D eigenvalue weighted by molar-refractivity contribution is -0.162.